The molecule has 3 heterocycles. The van der Waals surface area contributed by atoms with E-state index in [9.17, 15) is 18.8 Å². The van der Waals surface area contributed by atoms with Gasteiger partial charge in [-0.25, -0.2) is 14.2 Å². The van der Waals surface area contributed by atoms with Crippen molar-refractivity contribution in [2.45, 2.75) is 45.1 Å². The first kappa shape index (κ1) is 25.0. The van der Waals surface area contributed by atoms with Crippen LogP contribution in [0.15, 0.2) is 51.6 Å². The second kappa shape index (κ2) is 11.1. The second-order valence-corrected chi connectivity index (χ2v) is 9.32. The van der Waals surface area contributed by atoms with Gasteiger partial charge in [0.25, 0.3) is 0 Å². The van der Waals surface area contributed by atoms with Crippen molar-refractivity contribution >= 4 is 34.7 Å². The number of thioether (sulfide) groups is 1. The van der Waals surface area contributed by atoms with E-state index in [0.717, 1.165) is 13.0 Å². The number of fused-ring (bicyclic) bond motifs is 1. The van der Waals surface area contributed by atoms with Gasteiger partial charge in [-0.1, -0.05) is 36.9 Å². The number of rotatable bonds is 9. The molecule has 0 radical (unpaired) electrons. The summed E-state index contributed by atoms with van der Waals surface area (Å²) in [5.41, 5.74) is 1.76. The van der Waals surface area contributed by atoms with Crippen LogP contribution in [0, 0.1) is 5.82 Å². The minimum Gasteiger partial charge on any atom is -0.466 e. The van der Waals surface area contributed by atoms with E-state index in [1.165, 1.54) is 24.9 Å². The number of amidine groups is 1. The first-order valence-electron chi connectivity index (χ1n) is 11.8. The normalized spacial score (nSPS) is 19.5. The number of halogens is 1. The Morgan fingerprint density at radius 1 is 1.31 bits per heavy atom. The van der Waals surface area contributed by atoms with E-state index in [2.05, 4.69) is 10.3 Å². The lowest BCUT2D eigenvalue weighted by atomic mass is 9.92. The summed E-state index contributed by atoms with van der Waals surface area (Å²) in [5.74, 6) is -1.05. The highest BCUT2D eigenvalue weighted by Gasteiger charge is 2.42. The number of likely N-dealkylation sites (tertiary alicyclic amines) is 1. The van der Waals surface area contributed by atoms with E-state index in [4.69, 9.17) is 4.74 Å². The van der Waals surface area contributed by atoms with Crippen molar-refractivity contribution in [1.82, 2.24) is 15.1 Å². The molecule has 186 valence electrons. The van der Waals surface area contributed by atoms with Crippen LogP contribution in [0.1, 0.15) is 50.6 Å². The Bertz CT molecular complexity index is 1120. The summed E-state index contributed by atoms with van der Waals surface area (Å²) in [6, 6.07) is 5.51. The van der Waals surface area contributed by atoms with Gasteiger partial charge in [0.1, 0.15) is 5.82 Å². The third-order valence-electron chi connectivity index (χ3n) is 6.27. The van der Waals surface area contributed by atoms with Gasteiger partial charge in [0.05, 0.1) is 30.8 Å². The van der Waals surface area contributed by atoms with Gasteiger partial charge >= 0.3 is 5.97 Å². The Labute approximate surface area is 208 Å². The molecule has 0 aromatic heterocycles. The first-order chi connectivity index (χ1) is 16.9. The fraction of sp³-hybridized carbons (Fsp3) is 0.440. The molecule has 3 aliphatic rings. The van der Waals surface area contributed by atoms with Gasteiger partial charge < -0.3 is 19.9 Å². The molecule has 0 spiro atoms. The van der Waals surface area contributed by atoms with E-state index in [0.29, 0.717) is 54.5 Å². The number of methoxy groups -OCH3 is 1. The number of nitrogens with zero attached hydrogens (tertiary/aromatic N) is 3. The molecule has 1 aromatic rings. The number of hydrogen-bond donors (Lipinski definition) is 1. The van der Waals surface area contributed by atoms with Crippen LogP contribution >= 0.6 is 11.8 Å². The fourth-order valence-electron chi connectivity index (χ4n) is 4.57. The molecule has 3 aliphatic heterocycles. The maximum atomic E-state index is 15.0. The Kier molecular flexibility index (Phi) is 7.90. The first-order valence-corrected chi connectivity index (χ1v) is 12.7. The molecule has 4 rings (SSSR count). The molecule has 1 atom stereocenters. The molecular formula is C25H29FN4O4S. The molecule has 35 heavy (non-hydrogen) atoms. The van der Waals surface area contributed by atoms with Gasteiger partial charge in [0.15, 0.2) is 5.17 Å². The molecule has 1 N–H and O–H groups in total. The molecule has 1 saturated heterocycles. The molecular weight excluding hydrogens is 471 g/mol. The van der Waals surface area contributed by atoms with Crippen LogP contribution in [0.4, 0.5) is 4.39 Å². The van der Waals surface area contributed by atoms with Gasteiger partial charge in [-0.05, 0) is 30.7 Å². The zero-order valence-corrected chi connectivity index (χ0v) is 20.7. The van der Waals surface area contributed by atoms with Crippen molar-refractivity contribution in [1.29, 1.82) is 0 Å². The van der Waals surface area contributed by atoms with Gasteiger partial charge in [0, 0.05) is 37.3 Å². The van der Waals surface area contributed by atoms with Gasteiger partial charge in [-0.15, -0.1) is 0 Å². The van der Waals surface area contributed by atoms with Crippen LogP contribution in [0.2, 0.25) is 0 Å². The van der Waals surface area contributed by atoms with E-state index in [1.54, 1.807) is 23.1 Å². The summed E-state index contributed by atoms with van der Waals surface area (Å²) in [7, 11) is 1.29. The van der Waals surface area contributed by atoms with Crippen LogP contribution < -0.4 is 5.32 Å². The number of esters is 1. The van der Waals surface area contributed by atoms with Crippen LogP contribution in [0.25, 0.3) is 0 Å². The molecule has 0 bridgehead atoms. The quantitative estimate of drug-likeness (QED) is 0.412. The highest BCUT2D eigenvalue weighted by molar-refractivity contribution is 8.16. The van der Waals surface area contributed by atoms with Gasteiger partial charge in [-0.3, -0.25) is 9.59 Å². The Balaban J connectivity index is 1.51. The smallest absolute Gasteiger partial charge is 0.338 e. The monoisotopic (exact) mass is 500 g/mol. The van der Waals surface area contributed by atoms with Gasteiger partial charge in [0.2, 0.25) is 11.8 Å². The average Bonchev–Trinajstić information content (AvgIpc) is 3.46. The number of benzene rings is 1. The lowest BCUT2D eigenvalue weighted by molar-refractivity contribution is -0.137. The number of carbonyl (C=O) groups is 3. The predicted octanol–water partition coefficient (Wildman–Crippen LogP) is 3.48. The van der Waals surface area contributed by atoms with E-state index >= 15 is 0 Å². The summed E-state index contributed by atoms with van der Waals surface area (Å²) in [6.07, 6.45) is 2.69. The summed E-state index contributed by atoms with van der Waals surface area (Å²) < 4.78 is 20.0. The molecule has 0 aliphatic carbocycles. The van der Waals surface area contributed by atoms with Crippen molar-refractivity contribution in [3.8, 4) is 0 Å². The van der Waals surface area contributed by atoms with Crippen molar-refractivity contribution in [3.05, 3.63) is 58.0 Å². The van der Waals surface area contributed by atoms with E-state index in [1.807, 2.05) is 17.2 Å². The SMILES string of the molecule is CCC1=C(C(=O)OC)[C@H](c2ccccc2F)N2C(CC(=O)NCCCN3CCCC3=O)=CSC2=N1. The number of allylic oxidation sites excluding steroid dienone is 1. The minimum absolute atomic E-state index is 0.0511. The Morgan fingerprint density at radius 3 is 2.80 bits per heavy atom. The van der Waals surface area contributed by atoms with E-state index in [-0.39, 0.29) is 23.8 Å². The van der Waals surface area contributed by atoms with Crippen LogP contribution in [-0.4, -0.2) is 59.5 Å². The molecule has 10 heteroatoms. The predicted molar refractivity (Wildman–Crippen MR) is 131 cm³/mol. The highest BCUT2D eigenvalue weighted by atomic mass is 32.2. The van der Waals surface area contributed by atoms with Crippen molar-refractivity contribution in [2.75, 3.05) is 26.7 Å². The van der Waals surface area contributed by atoms with Crippen molar-refractivity contribution in [2.24, 2.45) is 4.99 Å². The average molecular weight is 501 g/mol. The van der Waals surface area contributed by atoms with Crippen molar-refractivity contribution < 1.29 is 23.5 Å². The number of aliphatic imine (C=N–C) groups is 1. The topological polar surface area (TPSA) is 91.3 Å². The fourth-order valence-corrected chi connectivity index (χ4v) is 5.51. The summed E-state index contributed by atoms with van der Waals surface area (Å²) in [5, 5.41) is 5.32. The second-order valence-electron chi connectivity index (χ2n) is 8.49. The van der Waals surface area contributed by atoms with Crippen LogP contribution in [-0.2, 0) is 19.1 Å². The number of carbonyl (C=O) groups excluding carboxylic acids is 3. The van der Waals surface area contributed by atoms with Crippen LogP contribution in [0.3, 0.4) is 0 Å². The van der Waals surface area contributed by atoms with Crippen molar-refractivity contribution in [3.63, 3.8) is 0 Å². The van der Waals surface area contributed by atoms with E-state index < -0.39 is 17.8 Å². The maximum absolute atomic E-state index is 15.0. The van der Waals surface area contributed by atoms with Crippen LogP contribution in [0.5, 0.6) is 0 Å². The standard InChI is InChI=1S/C25H29FN4O4S/c1-3-19-22(24(33)34-2)23(17-8-4-5-9-18(17)26)30-16(15-35-25(30)28-19)14-20(31)27-11-7-13-29-12-6-10-21(29)32/h4-5,8-9,15,23H,3,6-7,10-14H2,1-2H3,(H,27,31)/t23-/m0/s1. The molecule has 2 amide bonds. The Hall–Kier alpha value is -3.14. The number of ether oxygens (including phenoxy) is 1. The Morgan fingerprint density at radius 2 is 2.11 bits per heavy atom. The summed E-state index contributed by atoms with van der Waals surface area (Å²) >= 11 is 1.35. The molecule has 0 unspecified atom stereocenters. The third kappa shape index (κ3) is 5.27. The summed E-state index contributed by atoms with van der Waals surface area (Å²) in [4.78, 5) is 45.5. The summed E-state index contributed by atoms with van der Waals surface area (Å²) in [6.45, 7) is 3.74. The highest BCUT2D eigenvalue weighted by Crippen LogP contribution is 2.45. The lowest BCUT2D eigenvalue weighted by Crippen LogP contribution is -2.38. The number of hydrogen-bond acceptors (Lipinski definition) is 7. The number of nitrogens with one attached hydrogen (secondary N) is 1. The molecule has 1 aromatic carbocycles. The zero-order valence-electron chi connectivity index (χ0n) is 19.9. The van der Waals surface area contributed by atoms with Gasteiger partial charge in [-0.2, -0.15) is 0 Å². The lowest BCUT2D eigenvalue weighted by Gasteiger charge is -2.36. The molecule has 8 nitrogen and oxygen atoms in total. The third-order valence-corrected chi connectivity index (χ3v) is 7.16. The number of amides is 2. The maximum Gasteiger partial charge on any atom is 0.338 e. The minimum atomic E-state index is -0.790. The molecule has 1 fully saturated rings. The zero-order chi connectivity index (χ0) is 24.9. The molecule has 0 saturated carbocycles. The largest absolute Gasteiger partial charge is 0.466 e.